The maximum absolute atomic E-state index is 11.6. The Kier molecular flexibility index (Phi) is 4.85. The Labute approximate surface area is 150 Å². The number of halogens is 2. The fourth-order valence-electron chi connectivity index (χ4n) is 2.55. The van der Waals surface area contributed by atoms with Gasteiger partial charge in [0.2, 0.25) is 0 Å². The van der Waals surface area contributed by atoms with Crippen LogP contribution in [0.4, 0.5) is 17.3 Å². The topological polar surface area (TPSA) is 84.0 Å². The first-order valence-corrected chi connectivity index (χ1v) is 9.93. The number of hydrogen-bond acceptors (Lipinski definition) is 6. The summed E-state index contributed by atoms with van der Waals surface area (Å²) in [6, 6.07) is 6.81. The van der Waals surface area contributed by atoms with E-state index in [1.54, 1.807) is 31.2 Å². The van der Waals surface area contributed by atoms with Gasteiger partial charge in [-0.3, -0.25) is 0 Å². The lowest BCUT2D eigenvalue weighted by molar-refractivity contribution is 0.602. The first-order valence-electron chi connectivity index (χ1n) is 7.35. The molecule has 0 saturated carbocycles. The zero-order valence-electron chi connectivity index (χ0n) is 12.9. The van der Waals surface area contributed by atoms with Crippen molar-refractivity contribution in [2.24, 2.45) is 0 Å². The lowest BCUT2D eigenvalue weighted by Gasteiger charge is -2.14. The van der Waals surface area contributed by atoms with Crippen LogP contribution in [0.3, 0.4) is 0 Å². The van der Waals surface area contributed by atoms with Crippen LogP contribution in [0.5, 0.6) is 0 Å². The van der Waals surface area contributed by atoms with Gasteiger partial charge in [-0.25, -0.2) is 18.4 Å². The van der Waals surface area contributed by atoms with E-state index in [1.165, 1.54) is 0 Å². The molecule has 0 aliphatic carbocycles. The van der Waals surface area contributed by atoms with Gasteiger partial charge in [0.1, 0.15) is 17.5 Å². The van der Waals surface area contributed by atoms with Crippen LogP contribution in [0, 0.1) is 6.92 Å². The Hall–Kier alpha value is -1.57. The first kappa shape index (κ1) is 17.3. The summed E-state index contributed by atoms with van der Waals surface area (Å²) in [5, 5.41) is 7.23. The Morgan fingerprint density at radius 1 is 1.12 bits per heavy atom. The molecule has 9 heteroatoms. The zero-order valence-corrected chi connectivity index (χ0v) is 15.2. The molecule has 3 rings (SSSR count). The number of nitrogens with one attached hydrogen (secondary N) is 2. The number of aromatic nitrogens is 2. The largest absolute Gasteiger partial charge is 0.366 e. The Bertz CT molecular complexity index is 874. The minimum atomic E-state index is -2.94. The van der Waals surface area contributed by atoms with E-state index in [9.17, 15) is 8.42 Å². The third-order valence-corrected chi connectivity index (χ3v) is 6.12. The van der Waals surface area contributed by atoms with Gasteiger partial charge in [0, 0.05) is 17.8 Å². The van der Waals surface area contributed by atoms with Gasteiger partial charge in [0.05, 0.1) is 21.6 Å². The lowest BCUT2D eigenvalue weighted by Crippen LogP contribution is -2.21. The number of anilines is 3. The molecule has 2 N–H and O–H groups in total. The van der Waals surface area contributed by atoms with Crippen molar-refractivity contribution in [3.63, 3.8) is 0 Å². The highest BCUT2D eigenvalue weighted by Gasteiger charge is 2.28. The Morgan fingerprint density at radius 2 is 1.88 bits per heavy atom. The van der Waals surface area contributed by atoms with E-state index in [1.807, 2.05) is 0 Å². The zero-order chi connectivity index (χ0) is 17.3. The fourth-order valence-corrected chi connectivity index (χ4v) is 4.52. The molecule has 1 fully saturated rings. The molecule has 24 heavy (non-hydrogen) atoms. The van der Waals surface area contributed by atoms with Crippen LogP contribution in [0.1, 0.15) is 12.2 Å². The van der Waals surface area contributed by atoms with Crippen molar-refractivity contribution < 1.29 is 8.42 Å². The SMILES string of the molecule is Cc1nc(Nc2ccc(Cl)c(Cl)c2)cc(NC2CCS(=O)(=O)C2)n1. The third-order valence-electron chi connectivity index (χ3n) is 3.61. The van der Waals surface area contributed by atoms with E-state index in [4.69, 9.17) is 23.2 Å². The molecule has 1 aromatic heterocycles. The molecule has 1 unspecified atom stereocenters. The van der Waals surface area contributed by atoms with Gasteiger partial charge in [-0.05, 0) is 31.5 Å². The van der Waals surface area contributed by atoms with Crippen LogP contribution < -0.4 is 10.6 Å². The number of aryl methyl sites for hydroxylation is 1. The fraction of sp³-hybridized carbons (Fsp3) is 0.333. The lowest BCUT2D eigenvalue weighted by atomic mass is 10.2. The van der Waals surface area contributed by atoms with Gasteiger partial charge < -0.3 is 10.6 Å². The summed E-state index contributed by atoms with van der Waals surface area (Å²) in [4.78, 5) is 8.64. The normalized spacial score (nSPS) is 19.2. The number of rotatable bonds is 4. The summed E-state index contributed by atoms with van der Waals surface area (Å²) in [6.07, 6.45) is 0.584. The molecule has 0 bridgehead atoms. The van der Waals surface area contributed by atoms with Gasteiger partial charge in [-0.1, -0.05) is 23.2 Å². The van der Waals surface area contributed by atoms with Crippen LogP contribution in [0.15, 0.2) is 24.3 Å². The van der Waals surface area contributed by atoms with Gasteiger partial charge in [0.25, 0.3) is 0 Å². The maximum Gasteiger partial charge on any atom is 0.152 e. The molecule has 0 spiro atoms. The molecule has 1 aromatic carbocycles. The van der Waals surface area contributed by atoms with Crippen molar-refractivity contribution in [1.82, 2.24) is 9.97 Å². The van der Waals surface area contributed by atoms with Crippen molar-refractivity contribution in [1.29, 1.82) is 0 Å². The van der Waals surface area contributed by atoms with E-state index in [0.717, 1.165) is 5.69 Å². The van der Waals surface area contributed by atoms with Crippen molar-refractivity contribution in [3.05, 3.63) is 40.1 Å². The van der Waals surface area contributed by atoms with Crippen molar-refractivity contribution in [2.75, 3.05) is 22.1 Å². The molecule has 1 aliphatic heterocycles. The molecule has 1 saturated heterocycles. The molecule has 2 aromatic rings. The smallest absolute Gasteiger partial charge is 0.152 e. The molecular weight excluding hydrogens is 371 g/mol. The predicted octanol–water partition coefficient (Wildman–Crippen LogP) is 3.43. The minimum Gasteiger partial charge on any atom is -0.366 e. The predicted molar refractivity (Wildman–Crippen MR) is 97.2 cm³/mol. The standard InChI is InChI=1S/C15H16Cl2N4O2S/c1-9-18-14(20-10-2-3-12(16)13(17)6-10)7-15(19-9)21-11-4-5-24(22,23)8-11/h2-3,6-7,11H,4-5,8H2,1H3,(H2,18,19,20,21). The summed E-state index contributed by atoms with van der Waals surface area (Å²) in [7, 11) is -2.94. The molecule has 0 amide bonds. The summed E-state index contributed by atoms with van der Waals surface area (Å²) in [6.45, 7) is 1.77. The molecule has 128 valence electrons. The van der Waals surface area contributed by atoms with Crippen molar-refractivity contribution in [3.8, 4) is 0 Å². The van der Waals surface area contributed by atoms with Crippen molar-refractivity contribution in [2.45, 2.75) is 19.4 Å². The molecule has 2 heterocycles. The maximum atomic E-state index is 11.6. The highest BCUT2D eigenvalue weighted by Crippen LogP contribution is 2.27. The highest BCUT2D eigenvalue weighted by molar-refractivity contribution is 7.91. The van der Waals surface area contributed by atoms with E-state index < -0.39 is 9.84 Å². The quantitative estimate of drug-likeness (QED) is 0.836. The van der Waals surface area contributed by atoms with Crippen molar-refractivity contribution >= 4 is 50.4 Å². The van der Waals surface area contributed by atoms with E-state index in [-0.39, 0.29) is 17.5 Å². The van der Waals surface area contributed by atoms with E-state index in [2.05, 4.69) is 20.6 Å². The van der Waals surface area contributed by atoms with Crippen LogP contribution in [-0.2, 0) is 9.84 Å². The van der Waals surface area contributed by atoms with Crippen LogP contribution in [-0.4, -0.2) is 35.9 Å². The summed E-state index contributed by atoms with van der Waals surface area (Å²) in [5.41, 5.74) is 0.747. The van der Waals surface area contributed by atoms with Gasteiger partial charge in [0.15, 0.2) is 9.84 Å². The number of hydrogen-bond donors (Lipinski definition) is 2. The van der Waals surface area contributed by atoms with Gasteiger partial charge in [-0.2, -0.15) is 0 Å². The van der Waals surface area contributed by atoms with Gasteiger partial charge in [-0.15, -0.1) is 0 Å². The number of sulfone groups is 1. The highest BCUT2D eigenvalue weighted by atomic mass is 35.5. The Morgan fingerprint density at radius 3 is 2.54 bits per heavy atom. The third kappa shape index (κ3) is 4.28. The molecule has 1 aliphatic rings. The summed E-state index contributed by atoms with van der Waals surface area (Å²) in [5.74, 6) is 2.09. The molecular formula is C15H16Cl2N4O2S. The van der Waals surface area contributed by atoms with Crippen LogP contribution in [0.2, 0.25) is 10.0 Å². The van der Waals surface area contributed by atoms with Crippen LogP contribution >= 0.6 is 23.2 Å². The van der Waals surface area contributed by atoms with E-state index in [0.29, 0.717) is 33.9 Å². The average Bonchev–Trinajstić information content (AvgIpc) is 2.81. The second-order valence-corrected chi connectivity index (χ2v) is 8.73. The van der Waals surface area contributed by atoms with E-state index >= 15 is 0 Å². The average molecular weight is 387 g/mol. The first-order chi connectivity index (χ1) is 11.3. The molecule has 0 radical (unpaired) electrons. The second-order valence-electron chi connectivity index (χ2n) is 5.68. The van der Waals surface area contributed by atoms with Crippen LogP contribution in [0.25, 0.3) is 0 Å². The summed E-state index contributed by atoms with van der Waals surface area (Å²) < 4.78 is 23.1. The molecule has 6 nitrogen and oxygen atoms in total. The monoisotopic (exact) mass is 386 g/mol. The van der Waals surface area contributed by atoms with Gasteiger partial charge >= 0.3 is 0 Å². The Balaban J connectivity index is 1.77. The molecule has 1 atom stereocenters. The summed E-state index contributed by atoms with van der Waals surface area (Å²) >= 11 is 11.9. The second kappa shape index (κ2) is 6.74. The minimum absolute atomic E-state index is 0.123. The number of nitrogens with zero attached hydrogens (tertiary/aromatic N) is 2. The number of benzene rings is 1.